The fourth-order valence-corrected chi connectivity index (χ4v) is 5.49. The van der Waals surface area contributed by atoms with E-state index in [-0.39, 0.29) is 35.5 Å². The first kappa shape index (κ1) is 22.3. The summed E-state index contributed by atoms with van der Waals surface area (Å²) in [5, 5.41) is 16.4. The average molecular weight is 436 g/mol. The lowest BCUT2D eigenvalue weighted by atomic mass is 9.74. The zero-order valence-electron chi connectivity index (χ0n) is 19.2. The first-order chi connectivity index (χ1) is 15.4. The molecular weight excluding hydrogens is 402 g/mol. The molecule has 2 aliphatic rings. The predicted octanol–water partition coefficient (Wildman–Crippen LogP) is 3.90. The fraction of sp³-hybridized carbons (Fsp3) is 0.600. The molecule has 170 valence electrons. The standard InChI is InChI=1S/C25H33N5O2/c1-15-7-8-20(29-25(32)28-19-6-4-5-17(10-19)13-26)12-21(15)22-11-18-14-27-16(2)9-23(18)30(3)24(22)31/h9,11,14-15,17,19-21H,4-8,10,12H2,1-3H3,(H2,28,29,32). The Balaban J connectivity index is 1.47. The highest BCUT2D eigenvalue weighted by Crippen LogP contribution is 2.37. The lowest BCUT2D eigenvalue weighted by Gasteiger charge is -2.35. The highest BCUT2D eigenvalue weighted by Gasteiger charge is 2.32. The maximum atomic E-state index is 13.2. The third-order valence-corrected chi connectivity index (χ3v) is 7.40. The summed E-state index contributed by atoms with van der Waals surface area (Å²) >= 11 is 0. The van der Waals surface area contributed by atoms with E-state index >= 15 is 0 Å². The van der Waals surface area contributed by atoms with Crippen LogP contribution in [0.3, 0.4) is 0 Å². The minimum Gasteiger partial charge on any atom is -0.335 e. The lowest BCUT2D eigenvalue weighted by Crippen LogP contribution is -2.49. The van der Waals surface area contributed by atoms with Gasteiger partial charge in [-0.25, -0.2) is 4.79 Å². The molecule has 7 nitrogen and oxygen atoms in total. The van der Waals surface area contributed by atoms with Crippen LogP contribution in [0.1, 0.15) is 69.0 Å². The summed E-state index contributed by atoms with van der Waals surface area (Å²) in [7, 11) is 1.82. The largest absolute Gasteiger partial charge is 0.335 e. The Hall–Kier alpha value is -2.88. The maximum absolute atomic E-state index is 13.2. The molecular formula is C25H33N5O2. The number of nitriles is 1. The normalized spacial score (nSPS) is 28.1. The molecule has 4 rings (SSSR count). The number of hydrogen-bond acceptors (Lipinski definition) is 4. The Morgan fingerprint density at radius 2 is 1.91 bits per heavy atom. The van der Waals surface area contributed by atoms with Gasteiger partial charge in [-0.1, -0.05) is 13.3 Å². The van der Waals surface area contributed by atoms with Crippen molar-refractivity contribution < 1.29 is 4.79 Å². The highest BCUT2D eigenvalue weighted by atomic mass is 16.2. The van der Waals surface area contributed by atoms with E-state index in [9.17, 15) is 14.9 Å². The quantitative estimate of drug-likeness (QED) is 0.764. The number of rotatable bonds is 3. The predicted molar refractivity (Wildman–Crippen MR) is 124 cm³/mol. The molecule has 32 heavy (non-hydrogen) atoms. The molecule has 7 heteroatoms. The molecule has 0 spiro atoms. The Morgan fingerprint density at radius 1 is 1.16 bits per heavy atom. The second-order valence-corrected chi connectivity index (χ2v) is 9.75. The van der Waals surface area contributed by atoms with Crippen LogP contribution in [0, 0.1) is 30.1 Å². The Morgan fingerprint density at radius 3 is 2.66 bits per heavy atom. The van der Waals surface area contributed by atoms with Crippen molar-refractivity contribution in [2.45, 2.75) is 76.8 Å². The van der Waals surface area contributed by atoms with Gasteiger partial charge >= 0.3 is 6.03 Å². The van der Waals surface area contributed by atoms with Gasteiger partial charge in [-0.2, -0.15) is 5.26 Å². The van der Waals surface area contributed by atoms with Crippen molar-refractivity contribution in [3.8, 4) is 6.07 Å². The summed E-state index contributed by atoms with van der Waals surface area (Å²) in [5.74, 6) is 0.502. The topological polar surface area (TPSA) is 99.8 Å². The first-order valence-corrected chi connectivity index (χ1v) is 11.8. The van der Waals surface area contributed by atoms with Gasteiger partial charge in [0.1, 0.15) is 0 Å². The molecule has 0 aliphatic heterocycles. The second kappa shape index (κ2) is 9.32. The van der Waals surface area contributed by atoms with E-state index in [1.54, 1.807) is 4.57 Å². The molecule has 5 unspecified atom stereocenters. The minimum atomic E-state index is -0.155. The van der Waals surface area contributed by atoms with Crippen LogP contribution in [0.4, 0.5) is 4.79 Å². The molecule has 2 aliphatic carbocycles. The molecule has 0 saturated heterocycles. The van der Waals surface area contributed by atoms with Crippen LogP contribution in [0.15, 0.2) is 23.1 Å². The summed E-state index contributed by atoms with van der Waals surface area (Å²) in [6, 6.07) is 6.22. The molecule has 2 N–H and O–H groups in total. The number of amides is 2. The van der Waals surface area contributed by atoms with E-state index in [0.29, 0.717) is 5.92 Å². The van der Waals surface area contributed by atoms with Gasteiger partial charge in [0.25, 0.3) is 5.56 Å². The minimum absolute atomic E-state index is 0.0306. The molecule has 0 radical (unpaired) electrons. The third kappa shape index (κ3) is 4.64. The van der Waals surface area contributed by atoms with E-state index in [1.807, 2.05) is 32.3 Å². The summed E-state index contributed by atoms with van der Waals surface area (Å²) < 4.78 is 1.73. The number of aryl methyl sites for hydroxylation is 2. The second-order valence-electron chi connectivity index (χ2n) is 9.75. The van der Waals surface area contributed by atoms with Crippen molar-refractivity contribution in [1.29, 1.82) is 5.26 Å². The number of nitrogens with one attached hydrogen (secondary N) is 2. The van der Waals surface area contributed by atoms with Crippen molar-refractivity contribution in [3.05, 3.63) is 39.9 Å². The highest BCUT2D eigenvalue weighted by molar-refractivity contribution is 5.79. The molecule has 0 bridgehead atoms. The van der Waals surface area contributed by atoms with Crippen LogP contribution in [-0.2, 0) is 7.05 Å². The summed E-state index contributed by atoms with van der Waals surface area (Å²) in [4.78, 5) is 30.3. The Labute approximate surface area is 189 Å². The average Bonchev–Trinajstić information content (AvgIpc) is 2.78. The molecule has 2 amide bonds. The van der Waals surface area contributed by atoms with Crippen LogP contribution >= 0.6 is 0 Å². The molecule has 2 saturated carbocycles. The van der Waals surface area contributed by atoms with Gasteiger partial charge in [0, 0.05) is 47.9 Å². The SMILES string of the molecule is Cc1cc2c(cn1)cc(C1CC(NC(=O)NC3CCCC(C#N)C3)CCC1C)c(=O)n2C. The van der Waals surface area contributed by atoms with E-state index in [0.717, 1.165) is 67.1 Å². The number of hydrogen-bond donors (Lipinski definition) is 2. The zero-order chi connectivity index (χ0) is 22.8. The number of fused-ring (bicyclic) bond motifs is 1. The van der Waals surface area contributed by atoms with Crippen molar-refractivity contribution in [2.75, 3.05) is 0 Å². The maximum Gasteiger partial charge on any atom is 0.315 e. The molecule has 2 fully saturated rings. The number of carbonyl (C=O) groups is 1. The molecule has 2 heterocycles. The molecule has 2 aromatic heterocycles. The van der Waals surface area contributed by atoms with Crippen LogP contribution < -0.4 is 16.2 Å². The fourth-order valence-electron chi connectivity index (χ4n) is 5.49. The van der Waals surface area contributed by atoms with Crippen molar-refractivity contribution >= 4 is 16.9 Å². The molecule has 5 atom stereocenters. The summed E-state index contributed by atoms with van der Waals surface area (Å²) in [5.41, 5.74) is 2.64. The smallest absolute Gasteiger partial charge is 0.315 e. The number of nitrogens with zero attached hydrogens (tertiary/aromatic N) is 3. The number of aromatic nitrogens is 2. The third-order valence-electron chi connectivity index (χ3n) is 7.40. The van der Waals surface area contributed by atoms with Gasteiger partial charge in [0.15, 0.2) is 0 Å². The first-order valence-electron chi connectivity index (χ1n) is 11.8. The number of pyridine rings is 2. The van der Waals surface area contributed by atoms with Crippen molar-refractivity contribution in [2.24, 2.45) is 18.9 Å². The van der Waals surface area contributed by atoms with Gasteiger partial charge < -0.3 is 15.2 Å². The molecule has 2 aromatic rings. The van der Waals surface area contributed by atoms with Gasteiger partial charge in [-0.3, -0.25) is 9.78 Å². The van der Waals surface area contributed by atoms with Crippen LogP contribution in [0.2, 0.25) is 0 Å². The van der Waals surface area contributed by atoms with Gasteiger partial charge in [-0.15, -0.1) is 0 Å². The summed E-state index contributed by atoms with van der Waals surface area (Å²) in [6.45, 7) is 4.12. The zero-order valence-corrected chi connectivity index (χ0v) is 19.2. The van der Waals surface area contributed by atoms with E-state index in [4.69, 9.17) is 0 Å². The van der Waals surface area contributed by atoms with Crippen molar-refractivity contribution in [1.82, 2.24) is 20.2 Å². The van der Waals surface area contributed by atoms with Crippen molar-refractivity contribution in [3.63, 3.8) is 0 Å². The van der Waals surface area contributed by atoms with E-state index in [1.165, 1.54) is 0 Å². The Kier molecular flexibility index (Phi) is 6.50. The van der Waals surface area contributed by atoms with Crippen LogP contribution in [-0.4, -0.2) is 27.7 Å². The van der Waals surface area contributed by atoms with Crippen LogP contribution in [0.25, 0.3) is 10.9 Å². The van der Waals surface area contributed by atoms with Crippen LogP contribution in [0.5, 0.6) is 0 Å². The van der Waals surface area contributed by atoms with E-state index < -0.39 is 0 Å². The van der Waals surface area contributed by atoms with Gasteiger partial charge in [-0.05, 0) is 69.4 Å². The lowest BCUT2D eigenvalue weighted by molar-refractivity contribution is 0.213. The number of carbonyl (C=O) groups excluding carboxylic acids is 1. The summed E-state index contributed by atoms with van der Waals surface area (Å²) in [6.07, 6.45) is 8.02. The molecule has 0 aromatic carbocycles. The number of urea groups is 1. The van der Waals surface area contributed by atoms with E-state index in [2.05, 4.69) is 28.6 Å². The van der Waals surface area contributed by atoms with Gasteiger partial charge in [0.05, 0.1) is 11.6 Å². The monoisotopic (exact) mass is 435 g/mol. The Bertz CT molecular complexity index is 1100. The van der Waals surface area contributed by atoms with Gasteiger partial charge in [0.2, 0.25) is 0 Å².